The average molecular weight is 314 g/mol. The summed E-state index contributed by atoms with van der Waals surface area (Å²) in [5.74, 6) is 0.386. The van der Waals surface area contributed by atoms with Crippen LogP contribution in [0.25, 0.3) is 0 Å². The molecule has 0 aliphatic carbocycles. The fraction of sp³-hybridized carbons (Fsp3) is 0.375. The molecule has 2 N–H and O–H groups in total. The molecule has 1 aromatic rings. The van der Waals surface area contributed by atoms with E-state index in [0.29, 0.717) is 15.0 Å². The molecule has 0 aromatic carbocycles. The molecule has 3 nitrogen and oxygen atoms in total. The van der Waals surface area contributed by atoms with E-state index >= 15 is 0 Å². The predicted octanol–water partition coefficient (Wildman–Crippen LogP) is 2.09. The number of nitrogens with two attached hydrogens (primary N) is 1. The Morgan fingerprint density at radius 2 is 2.29 bits per heavy atom. The third kappa shape index (κ3) is 2.30. The van der Waals surface area contributed by atoms with Gasteiger partial charge in [0.25, 0.3) is 6.43 Å². The van der Waals surface area contributed by atoms with Crippen molar-refractivity contribution in [3.63, 3.8) is 0 Å². The van der Waals surface area contributed by atoms with Crippen molar-refractivity contribution in [2.24, 2.45) is 5.73 Å². The number of pyridine rings is 1. The Balaban J connectivity index is 3.25. The maximum atomic E-state index is 12.4. The minimum absolute atomic E-state index is 0.120. The lowest BCUT2D eigenvalue weighted by atomic mass is 10.3. The van der Waals surface area contributed by atoms with Gasteiger partial charge in [-0.2, -0.15) is 0 Å². The van der Waals surface area contributed by atoms with E-state index < -0.39 is 6.43 Å². The van der Waals surface area contributed by atoms with E-state index in [2.05, 4.69) is 4.98 Å². The highest BCUT2D eigenvalue weighted by Crippen LogP contribution is 2.28. The van der Waals surface area contributed by atoms with E-state index in [4.69, 9.17) is 10.5 Å². The zero-order valence-electron chi connectivity index (χ0n) is 7.43. The smallest absolute Gasteiger partial charge is 0.280 e. The summed E-state index contributed by atoms with van der Waals surface area (Å²) in [7, 11) is 1.42. The van der Waals surface area contributed by atoms with E-state index in [0.717, 1.165) is 0 Å². The highest BCUT2D eigenvalue weighted by molar-refractivity contribution is 14.1. The second kappa shape index (κ2) is 4.83. The first kappa shape index (κ1) is 11.6. The predicted molar refractivity (Wildman–Crippen MR) is 56.4 cm³/mol. The number of alkyl halides is 2. The number of hydrogen-bond acceptors (Lipinski definition) is 3. The molecule has 1 aromatic heterocycles. The molecule has 0 amide bonds. The van der Waals surface area contributed by atoms with Gasteiger partial charge in [-0.05, 0) is 22.6 Å². The van der Waals surface area contributed by atoms with Crippen LogP contribution in [0.4, 0.5) is 8.78 Å². The second-order valence-electron chi connectivity index (χ2n) is 2.51. The first-order valence-electron chi connectivity index (χ1n) is 3.81. The van der Waals surface area contributed by atoms with E-state index in [-0.39, 0.29) is 12.2 Å². The molecule has 0 aliphatic heterocycles. The van der Waals surface area contributed by atoms with Crippen molar-refractivity contribution in [3.8, 4) is 5.75 Å². The Morgan fingerprint density at radius 3 is 2.71 bits per heavy atom. The molecule has 6 heteroatoms. The van der Waals surface area contributed by atoms with Crippen molar-refractivity contribution in [2.75, 3.05) is 7.11 Å². The van der Waals surface area contributed by atoms with Gasteiger partial charge in [-0.15, -0.1) is 0 Å². The molecule has 14 heavy (non-hydrogen) atoms. The van der Waals surface area contributed by atoms with Gasteiger partial charge >= 0.3 is 0 Å². The molecular weight excluding hydrogens is 305 g/mol. The van der Waals surface area contributed by atoms with Crippen LogP contribution in [0.1, 0.15) is 17.8 Å². The van der Waals surface area contributed by atoms with Crippen LogP contribution >= 0.6 is 22.6 Å². The Kier molecular flexibility index (Phi) is 3.99. The minimum Gasteiger partial charge on any atom is -0.496 e. The van der Waals surface area contributed by atoms with Gasteiger partial charge in [0.05, 0.1) is 16.4 Å². The fourth-order valence-corrected chi connectivity index (χ4v) is 1.69. The second-order valence-corrected chi connectivity index (χ2v) is 3.59. The summed E-state index contributed by atoms with van der Waals surface area (Å²) in [5.41, 5.74) is 5.50. The molecule has 0 atom stereocenters. The van der Waals surface area contributed by atoms with Crippen molar-refractivity contribution in [1.29, 1.82) is 0 Å². The molecule has 1 heterocycles. The molecule has 0 radical (unpaired) electrons. The number of ether oxygens (including phenoxy) is 1. The number of aromatic nitrogens is 1. The lowest BCUT2D eigenvalue weighted by Gasteiger charge is -2.09. The highest BCUT2D eigenvalue weighted by Gasteiger charge is 2.15. The lowest BCUT2D eigenvalue weighted by Crippen LogP contribution is -2.07. The Morgan fingerprint density at radius 1 is 1.64 bits per heavy atom. The molecule has 0 unspecified atom stereocenters. The number of nitrogens with zero attached hydrogens (tertiary/aromatic N) is 1. The van der Waals surface area contributed by atoms with Gasteiger partial charge < -0.3 is 10.5 Å². The lowest BCUT2D eigenvalue weighted by molar-refractivity contribution is 0.145. The molecular formula is C8H9F2IN2O. The summed E-state index contributed by atoms with van der Waals surface area (Å²) in [6.07, 6.45) is -2.61. The van der Waals surface area contributed by atoms with Gasteiger partial charge in [-0.1, -0.05) is 0 Å². The monoisotopic (exact) mass is 314 g/mol. The quantitative estimate of drug-likeness (QED) is 0.869. The van der Waals surface area contributed by atoms with Gasteiger partial charge in [0.15, 0.2) is 0 Å². The third-order valence-electron chi connectivity index (χ3n) is 1.65. The summed E-state index contributed by atoms with van der Waals surface area (Å²) in [6, 6.07) is 1.23. The number of methoxy groups -OCH3 is 1. The first-order valence-corrected chi connectivity index (χ1v) is 4.89. The topological polar surface area (TPSA) is 48.1 Å². The van der Waals surface area contributed by atoms with Crippen LogP contribution in [-0.4, -0.2) is 12.1 Å². The van der Waals surface area contributed by atoms with Crippen LogP contribution in [0.3, 0.4) is 0 Å². The average Bonchev–Trinajstić information content (AvgIpc) is 2.17. The fourth-order valence-electron chi connectivity index (χ4n) is 0.973. The van der Waals surface area contributed by atoms with Gasteiger partial charge in [-0.3, -0.25) is 0 Å². The number of halogens is 3. The summed E-state index contributed by atoms with van der Waals surface area (Å²) < 4.78 is 30.4. The van der Waals surface area contributed by atoms with Crippen LogP contribution in [-0.2, 0) is 6.54 Å². The van der Waals surface area contributed by atoms with E-state index in [9.17, 15) is 8.78 Å². The van der Waals surface area contributed by atoms with Crippen LogP contribution in [0.15, 0.2) is 6.07 Å². The van der Waals surface area contributed by atoms with Crippen LogP contribution < -0.4 is 10.5 Å². The maximum Gasteiger partial charge on any atom is 0.280 e. The SMILES string of the molecule is COc1cc(C(F)F)nc(CN)c1I. The Bertz CT molecular complexity index is 308. The largest absolute Gasteiger partial charge is 0.496 e. The molecule has 1 rings (SSSR count). The van der Waals surface area contributed by atoms with Crippen molar-refractivity contribution < 1.29 is 13.5 Å². The van der Waals surface area contributed by atoms with E-state index in [1.165, 1.54) is 13.2 Å². The van der Waals surface area contributed by atoms with Crippen LogP contribution in [0, 0.1) is 3.57 Å². The summed E-state index contributed by atoms with van der Waals surface area (Å²) in [4.78, 5) is 3.74. The summed E-state index contributed by atoms with van der Waals surface area (Å²) in [5, 5.41) is 0. The third-order valence-corrected chi connectivity index (χ3v) is 2.80. The van der Waals surface area contributed by atoms with Gasteiger partial charge in [0.2, 0.25) is 0 Å². The van der Waals surface area contributed by atoms with Gasteiger partial charge in [0, 0.05) is 12.6 Å². The Labute approximate surface area is 93.8 Å². The molecule has 0 bridgehead atoms. The van der Waals surface area contributed by atoms with Crippen LogP contribution in [0.2, 0.25) is 0 Å². The van der Waals surface area contributed by atoms with E-state index in [1.54, 1.807) is 0 Å². The van der Waals surface area contributed by atoms with Gasteiger partial charge in [-0.25, -0.2) is 13.8 Å². The maximum absolute atomic E-state index is 12.4. The summed E-state index contributed by atoms with van der Waals surface area (Å²) >= 11 is 1.97. The van der Waals surface area contributed by atoms with E-state index in [1.807, 2.05) is 22.6 Å². The standard InChI is InChI=1S/C8H9F2IN2O/c1-14-6-2-4(8(9)10)13-5(3-12)7(6)11/h2,8H,3,12H2,1H3. The minimum atomic E-state index is -2.61. The molecule has 0 fully saturated rings. The molecule has 78 valence electrons. The van der Waals surface area contributed by atoms with Crippen molar-refractivity contribution in [1.82, 2.24) is 4.98 Å². The van der Waals surface area contributed by atoms with Crippen molar-refractivity contribution in [3.05, 3.63) is 21.0 Å². The first-order chi connectivity index (χ1) is 6.60. The number of rotatable bonds is 3. The van der Waals surface area contributed by atoms with Gasteiger partial charge in [0.1, 0.15) is 11.4 Å². The molecule has 0 spiro atoms. The molecule has 0 aliphatic rings. The van der Waals surface area contributed by atoms with Crippen LogP contribution in [0.5, 0.6) is 5.75 Å². The van der Waals surface area contributed by atoms with Crippen molar-refractivity contribution in [2.45, 2.75) is 13.0 Å². The molecule has 0 saturated carbocycles. The highest BCUT2D eigenvalue weighted by atomic mass is 127. The Hall–Kier alpha value is -0.500. The number of hydrogen-bond donors (Lipinski definition) is 1. The normalized spacial score (nSPS) is 10.7. The summed E-state index contributed by atoms with van der Waals surface area (Å²) in [6.45, 7) is 0.120. The zero-order valence-corrected chi connectivity index (χ0v) is 9.59. The molecule has 0 saturated heterocycles. The zero-order chi connectivity index (χ0) is 10.7. The van der Waals surface area contributed by atoms with Crippen molar-refractivity contribution >= 4 is 22.6 Å².